The number of hydrogen-bond acceptors (Lipinski definition) is 5. The van der Waals surface area contributed by atoms with Gasteiger partial charge in [0.15, 0.2) is 0 Å². The summed E-state index contributed by atoms with van der Waals surface area (Å²) in [6, 6.07) is 19.9. The monoisotopic (exact) mass is 559 g/mol. The van der Waals surface area contributed by atoms with Crippen LogP contribution >= 0.6 is 11.8 Å². The number of aromatic nitrogens is 1. The van der Waals surface area contributed by atoms with Crippen LogP contribution in [0.25, 0.3) is 11.1 Å². The lowest BCUT2D eigenvalue weighted by atomic mass is 9.95. The molecule has 5 nitrogen and oxygen atoms in total. The molecule has 2 aromatic carbocycles. The number of hydrogen-bond donors (Lipinski definition) is 2. The first-order valence-corrected chi connectivity index (χ1v) is 14.8. The van der Waals surface area contributed by atoms with Crippen molar-refractivity contribution in [2.24, 2.45) is 0 Å². The van der Waals surface area contributed by atoms with E-state index in [-0.39, 0.29) is 29.2 Å². The molecule has 2 N–H and O–H groups in total. The lowest BCUT2D eigenvalue weighted by molar-refractivity contribution is -0.116. The maximum atomic E-state index is 14.0. The lowest BCUT2D eigenvalue weighted by Gasteiger charge is -2.36. The predicted molar refractivity (Wildman–Crippen MR) is 161 cm³/mol. The summed E-state index contributed by atoms with van der Waals surface area (Å²) < 4.78 is 14.0. The second-order valence-corrected chi connectivity index (χ2v) is 11.3. The number of amides is 1. The Balaban J connectivity index is 1.59. The summed E-state index contributed by atoms with van der Waals surface area (Å²) in [6.07, 6.45) is 7.28. The predicted octanol–water partition coefficient (Wildman–Crippen LogP) is 8.11. The third kappa shape index (κ3) is 7.61. The van der Waals surface area contributed by atoms with Crippen molar-refractivity contribution in [3.8, 4) is 11.1 Å². The average Bonchev–Trinajstić information content (AvgIpc) is 2.97. The number of piperidine rings is 1. The normalized spacial score (nSPS) is 16.3. The number of carbonyl (C=O) groups excluding carboxylic acids is 1. The minimum absolute atomic E-state index is 0.0461. The van der Waals surface area contributed by atoms with Crippen LogP contribution in [0.2, 0.25) is 0 Å². The SMILES string of the molecule is C=C(CCCC)NC(=O)/C(Sc1ccc(-c2ccnc(F)c2C)cc1)=C(/O)CN1CCCCC1c1ccccc1. The van der Waals surface area contributed by atoms with Crippen LogP contribution in [-0.2, 0) is 4.79 Å². The van der Waals surface area contributed by atoms with Crippen molar-refractivity contribution in [3.63, 3.8) is 0 Å². The molecule has 210 valence electrons. The van der Waals surface area contributed by atoms with E-state index in [4.69, 9.17) is 0 Å². The summed E-state index contributed by atoms with van der Waals surface area (Å²) in [6.45, 7) is 8.95. The Bertz CT molecular complexity index is 1340. The molecule has 0 saturated carbocycles. The van der Waals surface area contributed by atoms with Gasteiger partial charge < -0.3 is 10.4 Å². The van der Waals surface area contributed by atoms with Gasteiger partial charge in [0, 0.05) is 28.4 Å². The van der Waals surface area contributed by atoms with Crippen LogP contribution in [0.4, 0.5) is 4.39 Å². The Morgan fingerprint density at radius 2 is 1.90 bits per heavy atom. The van der Waals surface area contributed by atoms with E-state index in [1.54, 1.807) is 13.0 Å². The van der Waals surface area contributed by atoms with E-state index >= 15 is 0 Å². The fraction of sp³-hybridized carbons (Fsp3) is 0.333. The molecule has 1 aliphatic rings. The van der Waals surface area contributed by atoms with Gasteiger partial charge in [0.1, 0.15) is 10.7 Å². The van der Waals surface area contributed by atoms with Crippen molar-refractivity contribution in [1.29, 1.82) is 0 Å². The summed E-state index contributed by atoms with van der Waals surface area (Å²) >= 11 is 1.23. The standard InChI is InChI=1S/C33H38FN3O2S/c1-4-5-11-23(2)36-33(39)31(30(38)22-37-21-10-9-14-29(37)26-12-7-6-8-13-26)40-27-17-15-25(16-18-27)28-19-20-35-32(34)24(28)3/h6-8,12-13,15-20,29,38H,2,4-5,9-11,14,21-22H2,1,3H3,(H,36,39)/b31-30-. The molecule has 0 aliphatic carbocycles. The van der Waals surface area contributed by atoms with E-state index in [1.165, 1.54) is 23.5 Å². The van der Waals surface area contributed by atoms with Gasteiger partial charge in [-0.05, 0) is 74.0 Å². The second kappa shape index (κ2) is 14.3. The third-order valence-corrected chi connectivity index (χ3v) is 8.40. The molecule has 1 amide bonds. The van der Waals surface area contributed by atoms with E-state index in [1.807, 2.05) is 42.5 Å². The molecule has 1 unspecified atom stereocenters. The molecule has 4 rings (SSSR count). The Labute approximate surface area is 241 Å². The Morgan fingerprint density at radius 1 is 1.15 bits per heavy atom. The smallest absolute Gasteiger partial charge is 0.265 e. The molecular weight excluding hydrogens is 521 g/mol. The largest absolute Gasteiger partial charge is 0.510 e. The number of nitrogens with zero attached hydrogens (tertiary/aromatic N) is 2. The fourth-order valence-corrected chi connectivity index (χ4v) is 5.88. The van der Waals surface area contributed by atoms with Crippen molar-refractivity contribution in [3.05, 3.63) is 107 Å². The van der Waals surface area contributed by atoms with Gasteiger partial charge >= 0.3 is 0 Å². The number of carbonyl (C=O) groups is 1. The number of benzene rings is 2. The van der Waals surface area contributed by atoms with Gasteiger partial charge in [0.2, 0.25) is 5.95 Å². The molecule has 0 radical (unpaired) electrons. The number of likely N-dealkylation sites (tertiary alicyclic amines) is 1. The number of aliphatic hydroxyl groups excluding tert-OH is 1. The van der Waals surface area contributed by atoms with Crippen molar-refractivity contribution in [1.82, 2.24) is 15.2 Å². The summed E-state index contributed by atoms with van der Waals surface area (Å²) in [5, 5.41) is 14.3. The molecule has 1 atom stereocenters. The number of pyridine rings is 1. The van der Waals surface area contributed by atoms with Crippen LogP contribution < -0.4 is 5.32 Å². The van der Waals surface area contributed by atoms with Crippen molar-refractivity contribution in [2.45, 2.75) is 63.3 Å². The molecule has 1 aliphatic heterocycles. The van der Waals surface area contributed by atoms with Crippen LogP contribution in [0.1, 0.15) is 62.6 Å². The maximum absolute atomic E-state index is 14.0. The molecule has 0 spiro atoms. The number of allylic oxidation sites excluding steroid dienone is 1. The van der Waals surface area contributed by atoms with E-state index in [9.17, 15) is 14.3 Å². The van der Waals surface area contributed by atoms with E-state index in [0.29, 0.717) is 17.7 Å². The zero-order valence-electron chi connectivity index (χ0n) is 23.3. The Kier molecular flexibility index (Phi) is 10.6. The quantitative estimate of drug-likeness (QED) is 0.108. The van der Waals surface area contributed by atoms with Crippen molar-refractivity contribution >= 4 is 17.7 Å². The molecule has 7 heteroatoms. The van der Waals surface area contributed by atoms with Crippen LogP contribution in [0.15, 0.2) is 94.7 Å². The van der Waals surface area contributed by atoms with Gasteiger partial charge in [-0.3, -0.25) is 9.69 Å². The molecule has 1 fully saturated rings. The Hall–Kier alpha value is -3.42. The highest BCUT2D eigenvalue weighted by molar-refractivity contribution is 8.04. The summed E-state index contributed by atoms with van der Waals surface area (Å²) in [5.41, 5.74) is 3.98. The number of unbranched alkanes of at least 4 members (excludes halogenated alkanes) is 1. The highest BCUT2D eigenvalue weighted by atomic mass is 32.2. The van der Waals surface area contributed by atoms with Crippen LogP contribution in [0.5, 0.6) is 0 Å². The minimum atomic E-state index is -0.488. The first-order chi connectivity index (χ1) is 19.4. The lowest BCUT2D eigenvalue weighted by Crippen LogP contribution is -2.36. The zero-order chi connectivity index (χ0) is 28.5. The van der Waals surface area contributed by atoms with Gasteiger partial charge in [-0.25, -0.2) is 4.98 Å². The molecule has 1 saturated heterocycles. The van der Waals surface area contributed by atoms with Gasteiger partial charge in [-0.15, -0.1) is 0 Å². The number of thioether (sulfide) groups is 1. The number of rotatable bonds is 11. The van der Waals surface area contributed by atoms with Crippen LogP contribution in [-0.4, -0.2) is 34.0 Å². The molecule has 3 aromatic rings. The summed E-state index contributed by atoms with van der Waals surface area (Å²) in [5.74, 6) is -0.796. The molecule has 2 heterocycles. The van der Waals surface area contributed by atoms with E-state index in [2.05, 4.69) is 40.8 Å². The van der Waals surface area contributed by atoms with Crippen molar-refractivity contribution in [2.75, 3.05) is 13.1 Å². The van der Waals surface area contributed by atoms with Gasteiger partial charge in [-0.2, -0.15) is 4.39 Å². The maximum Gasteiger partial charge on any atom is 0.265 e. The Morgan fingerprint density at radius 3 is 2.62 bits per heavy atom. The van der Waals surface area contributed by atoms with Crippen LogP contribution in [0.3, 0.4) is 0 Å². The van der Waals surface area contributed by atoms with Gasteiger partial charge in [-0.1, -0.05) is 80.6 Å². The number of aliphatic hydroxyl groups is 1. The topological polar surface area (TPSA) is 65.5 Å². The number of nitrogens with one attached hydrogen (secondary N) is 1. The zero-order valence-corrected chi connectivity index (χ0v) is 24.1. The van der Waals surface area contributed by atoms with E-state index in [0.717, 1.165) is 54.7 Å². The highest BCUT2D eigenvalue weighted by Crippen LogP contribution is 2.35. The van der Waals surface area contributed by atoms with E-state index < -0.39 is 5.95 Å². The molecule has 1 aromatic heterocycles. The van der Waals surface area contributed by atoms with Gasteiger partial charge in [0.25, 0.3) is 5.91 Å². The summed E-state index contributed by atoms with van der Waals surface area (Å²) in [7, 11) is 0. The fourth-order valence-electron chi connectivity index (χ4n) is 5.05. The first-order valence-electron chi connectivity index (χ1n) is 14.0. The number of halogens is 1. The third-order valence-electron chi connectivity index (χ3n) is 7.27. The molecular formula is C33H38FN3O2S. The molecule has 40 heavy (non-hydrogen) atoms. The van der Waals surface area contributed by atoms with Gasteiger partial charge in [0.05, 0.1) is 6.54 Å². The van der Waals surface area contributed by atoms with Crippen LogP contribution in [0, 0.1) is 12.9 Å². The molecule has 0 bridgehead atoms. The minimum Gasteiger partial charge on any atom is -0.510 e. The summed E-state index contributed by atoms with van der Waals surface area (Å²) in [4.78, 5) is 20.5. The first kappa shape index (κ1) is 29.6. The average molecular weight is 560 g/mol. The highest BCUT2D eigenvalue weighted by Gasteiger charge is 2.27. The second-order valence-electron chi connectivity index (χ2n) is 10.2. The van der Waals surface area contributed by atoms with Crippen molar-refractivity contribution < 1.29 is 14.3 Å².